The van der Waals surface area contributed by atoms with Gasteiger partial charge < -0.3 is 11.1 Å². The molecule has 3 N–H and O–H groups in total. The van der Waals surface area contributed by atoms with Gasteiger partial charge in [-0.25, -0.2) is 0 Å². The molecule has 0 aliphatic carbocycles. The highest BCUT2D eigenvalue weighted by atomic mass is 32.1. The maximum Gasteiger partial charge on any atom is 0.0728 e. The second-order valence-corrected chi connectivity index (χ2v) is 7.37. The van der Waals surface area contributed by atoms with Crippen molar-refractivity contribution in [2.75, 3.05) is 11.9 Å². The molecule has 1 aromatic carbocycles. The van der Waals surface area contributed by atoms with Gasteiger partial charge in [0.15, 0.2) is 0 Å². The Labute approximate surface area is 126 Å². The Morgan fingerprint density at radius 1 is 1.20 bits per heavy atom. The van der Waals surface area contributed by atoms with E-state index in [1.165, 1.54) is 15.3 Å². The number of nitrogens with two attached hydrogens (primary N) is 1. The molecular formula is C17H24N2S. The van der Waals surface area contributed by atoms with Gasteiger partial charge in [0.25, 0.3) is 0 Å². The van der Waals surface area contributed by atoms with Crippen LogP contribution in [0.2, 0.25) is 0 Å². The van der Waals surface area contributed by atoms with Gasteiger partial charge in [-0.05, 0) is 42.2 Å². The lowest BCUT2D eigenvalue weighted by molar-refractivity contribution is 0.604. The zero-order valence-electron chi connectivity index (χ0n) is 12.7. The molecule has 1 aromatic heterocycles. The minimum absolute atomic E-state index is 0.179. The van der Waals surface area contributed by atoms with Crippen molar-refractivity contribution >= 4 is 17.0 Å². The molecule has 0 spiro atoms. The van der Waals surface area contributed by atoms with Gasteiger partial charge in [0.2, 0.25) is 0 Å². The molecule has 108 valence electrons. The number of rotatable bonds is 4. The fourth-order valence-corrected chi connectivity index (χ4v) is 3.26. The Morgan fingerprint density at radius 2 is 1.95 bits per heavy atom. The SMILES string of the molecule is Cc1cccc(NC(CN)c2ccc(C(C)(C)C)s2)c1. The molecule has 0 saturated carbocycles. The molecule has 1 unspecified atom stereocenters. The van der Waals surface area contributed by atoms with Crippen LogP contribution in [0.4, 0.5) is 5.69 Å². The van der Waals surface area contributed by atoms with Crippen LogP contribution in [0.25, 0.3) is 0 Å². The summed E-state index contributed by atoms with van der Waals surface area (Å²) in [5.74, 6) is 0. The number of nitrogens with one attached hydrogen (secondary N) is 1. The van der Waals surface area contributed by atoms with Crippen LogP contribution in [-0.4, -0.2) is 6.54 Å². The second kappa shape index (κ2) is 5.98. The zero-order chi connectivity index (χ0) is 14.8. The molecule has 2 rings (SSSR count). The smallest absolute Gasteiger partial charge is 0.0728 e. The summed E-state index contributed by atoms with van der Waals surface area (Å²) in [6.45, 7) is 9.43. The molecule has 2 aromatic rings. The summed E-state index contributed by atoms with van der Waals surface area (Å²) in [7, 11) is 0. The van der Waals surface area contributed by atoms with Crippen LogP contribution in [0, 0.1) is 6.92 Å². The number of hydrogen-bond acceptors (Lipinski definition) is 3. The highest BCUT2D eigenvalue weighted by molar-refractivity contribution is 7.12. The van der Waals surface area contributed by atoms with E-state index in [2.05, 4.69) is 69.4 Å². The summed E-state index contributed by atoms with van der Waals surface area (Å²) in [5, 5.41) is 3.54. The zero-order valence-corrected chi connectivity index (χ0v) is 13.6. The number of aryl methyl sites for hydroxylation is 1. The van der Waals surface area contributed by atoms with Gasteiger partial charge in [-0.3, -0.25) is 0 Å². The minimum atomic E-state index is 0.179. The maximum absolute atomic E-state index is 5.95. The molecule has 0 radical (unpaired) electrons. The summed E-state index contributed by atoms with van der Waals surface area (Å²) in [4.78, 5) is 2.70. The van der Waals surface area contributed by atoms with Gasteiger partial charge in [-0.2, -0.15) is 0 Å². The standard InChI is InChI=1S/C17H24N2S/c1-12-6-5-7-13(10-12)19-14(11-18)15-8-9-16(20-15)17(2,3)4/h5-10,14,19H,11,18H2,1-4H3. The van der Waals surface area contributed by atoms with Crippen LogP contribution in [-0.2, 0) is 5.41 Å². The number of anilines is 1. The van der Waals surface area contributed by atoms with Crippen molar-refractivity contribution in [3.63, 3.8) is 0 Å². The van der Waals surface area contributed by atoms with Crippen LogP contribution >= 0.6 is 11.3 Å². The van der Waals surface area contributed by atoms with Gasteiger partial charge in [0, 0.05) is 22.0 Å². The molecule has 0 aliphatic heterocycles. The van der Waals surface area contributed by atoms with E-state index in [9.17, 15) is 0 Å². The number of hydrogen-bond donors (Lipinski definition) is 2. The third-order valence-corrected chi connectivity index (χ3v) is 4.93. The van der Waals surface area contributed by atoms with E-state index in [4.69, 9.17) is 5.73 Å². The topological polar surface area (TPSA) is 38.0 Å². The minimum Gasteiger partial charge on any atom is -0.376 e. The van der Waals surface area contributed by atoms with Crippen molar-refractivity contribution in [2.24, 2.45) is 5.73 Å². The van der Waals surface area contributed by atoms with Crippen LogP contribution in [0.3, 0.4) is 0 Å². The monoisotopic (exact) mass is 288 g/mol. The van der Waals surface area contributed by atoms with Crippen molar-refractivity contribution in [2.45, 2.75) is 39.2 Å². The van der Waals surface area contributed by atoms with Gasteiger partial charge >= 0.3 is 0 Å². The molecule has 0 saturated heterocycles. The van der Waals surface area contributed by atoms with Crippen LogP contribution < -0.4 is 11.1 Å². The van der Waals surface area contributed by atoms with E-state index in [0.29, 0.717) is 6.54 Å². The van der Waals surface area contributed by atoms with E-state index >= 15 is 0 Å². The number of benzene rings is 1. The second-order valence-electron chi connectivity index (χ2n) is 6.25. The molecule has 20 heavy (non-hydrogen) atoms. The molecule has 2 nitrogen and oxygen atoms in total. The van der Waals surface area contributed by atoms with Crippen molar-refractivity contribution in [3.05, 3.63) is 51.7 Å². The molecule has 0 aliphatic rings. The van der Waals surface area contributed by atoms with Crippen molar-refractivity contribution < 1.29 is 0 Å². The average molecular weight is 288 g/mol. The third-order valence-electron chi connectivity index (χ3n) is 3.30. The summed E-state index contributed by atoms with van der Waals surface area (Å²) in [5.41, 5.74) is 8.54. The van der Waals surface area contributed by atoms with E-state index in [0.717, 1.165) is 5.69 Å². The van der Waals surface area contributed by atoms with Crippen LogP contribution in [0.5, 0.6) is 0 Å². The summed E-state index contributed by atoms with van der Waals surface area (Å²) >= 11 is 1.85. The van der Waals surface area contributed by atoms with Crippen LogP contribution in [0.1, 0.15) is 42.1 Å². The predicted octanol–water partition coefficient (Wildman–Crippen LogP) is 4.47. The normalized spacial score (nSPS) is 13.2. The molecular weight excluding hydrogens is 264 g/mol. The Kier molecular flexibility index (Phi) is 4.51. The lowest BCUT2D eigenvalue weighted by Crippen LogP contribution is -2.19. The fourth-order valence-electron chi connectivity index (χ4n) is 2.13. The van der Waals surface area contributed by atoms with Crippen molar-refractivity contribution in [3.8, 4) is 0 Å². The van der Waals surface area contributed by atoms with Gasteiger partial charge in [0.1, 0.15) is 0 Å². The average Bonchev–Trinajstić information content (AvgIpc) is 2.85. The van der Waals surface area contributed by atoms with E-state index < -0.39 is 0 Å². The molecule has 3 heteroatoms. The first-order valence-electron chi connectivity index (χ1n) is 7.03. The third kappa shape index (κ3) is 3.62. The van der Waals surface area contributed by atoms with E-state index in [-0.39, 0.29) is 11.5 Å². The molecule has 0 bridgehead atoms. The summed E-state index contributed by atoms with van der Waals surface area (Å²) in [6.07, 6.45) is 0. The molecule has 0 fully saturated rings. The maximum atomic E-state index is 5.95. The Hall–Kier alpha value is -1.32. The van der Waals surface area contributed by atoms with Gasteiger partial charge in [-0.1, -0.05) is 32.9 Å². The Balaban J connectivity index is 2.18. The van der Waals surface area contributed by atoms with E-state index in [1.807, 2.05) is 11.3 Å². The highest BCUT2D eigenvalue weighted by Gasteiger charge is 2.19. The lowest BCUT2D eigenvalue weighted by atomic mass is 9.95. The quantitative estimate of drug-likeness (QED) is 0.871. The van der Waals surface area contributed by atoms with Crippen molar-refractivity contribution in [1.29, 1.82) is 0 Å². The lowest BCUT2D eigenvalue weighted by Gasteiger charge is -2.18. The molecule has 0 amide bonds. The largest absolute Gasteiger partial charge is 0.376 e. The van der Waals surface area contributed by atoms with Gasteiger partial charge in [-0.15, -0.1) is 11.3 Å². The van der Waals surface area contributed by atoms with Crippen LogP contribution in [0.15, 0.2) is 36.4 Å². The first kappa shape index (κ1) is 15.1. The Morgan fingerprint density at radius 3 is 2.50 bits per heavy atom. The van der Waals surface area contributed by atoms with Gasteiger partial charge in [0.05, 0.1) is 6.04 Å². The highest BCUT2D eigenvalue weighted by Crippen LogP contribution is 2.33. The first-order chi connectivity index (χ1) is 9.40. The summed E-state index contributed by atoms with van der Waals surface area (Å²) in [6, 6.07) is 13.0. The van der Waals surface area contributed by atoms with Crippen molar-refractivity contribution in [1.82, 2.24) is 0 Å². The summed E-state index contributed by atoms with van der Waals surface area (Å²) < 4.78 is 0. The predicted molar refractivity (Wildman–Crippen MR) is 89.6 cm³/mol. The molecule has 1 heterocycles. The number of thiophene rings is 1. The van der Waals surface area contributed by atoms with E-state index in [1.54, 1.807) is 0 Å². The Bertz CT molecular complexity index is 566. The molecule has 1 atom stereocenters. The fraction of sp³-hybridized carbons (Fsp3) is 0.412. The first-order valence-corrected chi connectivity index (χ1v) is 7.85.